The van der Waals surface area contributed by atoms with Gasteiger partial charge < -0.3 is 5.32 Å². The molecule has 1 aromatic rings. The summed E-state index contributed by atoms with van der Waals surface area (Å²) in [4.78, 5) is 8.20. The number of thiazole rings is 1. The lowest BCUT2D eigenvalue weighted by Crippen LogP contribution is -2.44. The van der Waals surface area contributed by atoms with Gasteiger partial charge in [0, 0.05) is 30.2 Å². The fourth-order valence-electron chi connectivity index (χ4n) is 2.88. The zero-order valence-electron chi connectivity index (χ0n) is 8.85. The van der Waals surface area contributed by atoms with E-state index in [4.69, 9.17) is 0 Å². The Balaban J connectivity index is 1.69. The van der Waals surface area contributed by atoms with Crippen LogP contribution in [-0.2, 0) is 6.54 Å². The van der Waals surface area contributed by atoms with E-state index >= 15 is 0 Å². The minimum absolute atomic E-state index is 0.779. The number of fused-ring (bicyclic) bond motifs is 1. The third-order valence-electron chi connectivity index (χ3n) is 3.64. The quantitative estimate of drug-likeness (QED) is 0.820. The van der Waals surface area contributed by atoms with Crippen molar-refractivity contribution in [2.24, 2.45) is 5.92 Å². The highest BCUT2D eigenvalue weighted by Gasteiger charge is 2.34. The summed E-state index contributed by atoms with van der Waals surface area (Å²) in [7, 11) is 0. The van der Waals surface area contributed by atoms with Gasteiger partial charge in [-0.05, 0) is 31.8 Å². The molecule has 4 heteroatoms. The molecule has 2 aliphatic rings. The first-order valence-corrected chi connectivity index (χ1v) is 6.63. The van der Waals surface area contributed by atoms with Crippen molar-refractivity contribution in [2.45, 2.75) is 25.4 Å². The van der Waals surface area contributed by atoms with E-state index in [0.717, 1.165) is 18.5 Å². The largest absolute Gasteiger partial charge is 0.315 e. The molecule has 1 aromatic heterocycles. The summed E-state index contributed by atoms with van der Waals surface area (Å²) >= 11 is 1.78. The maximum Gasteiger partial charge on any atom is 0.0794 e. The highest BCUT2D eigenvalue weighted by atomic mass is 32.1. The third kappa shape index (κ3) is 1.94. The van der Waals surface area contributed by atoms with Crippen LogP contribution < -0.4 is 5.32 Å². The number of nitrogens with zero attached hydrogens (tertiary/aromatic N) is 2. The normalized spacial score (nSPS) is 31.7. The second-order valence-electron chi connectivity index (χ2n) is 4.57. The first kappa shape index (κ1) is 9.75. The molecule has 2 aliphatic heterocycles. The van der Waals surface area contributed by atoms with Crippen LogP contribution in [0.4, 0.5) is 0 Å². The van der Waals surface area contributed by atoms with E-state index in [1.807, 2.05) is 11.7 Å². The van der Waals surface area contributed by atoms with Crippen molar-refractivity contribution >= 4 is 11.3 Å². The van der Waals surface area contributed by atoms with E-state index in [-0.39, 0.29) is 0 Å². The SMILES string of the molecule is c1ncc(CN2CCCC3CNCC32)s1. The predicted molar refractivity (Wildman–Crippen MR) is 61.9 cm³/mol. The average Bonchev–Trinajstić information content (AvgIpc) is 2.87. The Morgan fingerprint density at radius 3 is 3.40 bits per heavy atom. The Morgan fingerprint density at radius 2 is 2.53 bits per heavy atom. The number of rotatable bonds is 2. The maximum atomic E-state index is 4.15. The average molecular weight is 223 g/mol. The summed E-state index contributed by atoms with van der Waals surface area (Å²) < 4.78 is 0. The number of aromatic nitrogens is 1. The third-order valence-corrected chi connectivity index (χ3v) is 4.40. The van der Waals surface area contributed by atoms with Crippen molar-refractivity contribution < 1.29 is 0 Å². The van der Waals surface area contributed by atoms with E-state index < -0.39 is 0 Å². The van der Waals surface area contributed by atoms with Gasteiger partial charge in [-0.1, -0.05) is 0 Å². The summed E-state index contributed by atoms with van der Waals surface area (Å²) in [5.74, 6) is 0.895. The molecule has 0 aromatic carbocycles. The zero-order valence-corrected chi connectivity index (χ0v) is 9.67. The highest BCUT2D eigenvalue weighted by Crippen LogP contribution is 2.28. The molecular formula is C11H17N3S. The van der Waals surface area contributed by atoms with E-state index in [2.05, 4.69) is 15.2 Å². The molecule has 3 rings (SSSR count). The molecule has 0 aliphatic carbocycles. The molecule has 0 saturated carbocycles. The number of likely N-dealkylation sites (tertiary alicyclic amines) is 1. The first-order valence-electron chi connectivity index (χ1n) is 5.75. The smallest absolute Gasteiger partial charge is 0.0794 e. The van der Waals surface area contributed by atoms with Crippen LogP contribution in [0.5, 0.6) is 0 Å². The Morgan fingerprint density at radius 1 is 1.53 bits per heavy atom. The van der Waals surface area contributed by atoms with Crippen LogP contribution in [0.25, 0.3) is 0 Å². The second kappa shape index (κ2) is 4.20. The lowest BCUT2D eigenvalue weighted by atomic mass is 9.92. The van der Waals surface area contributed by atoms with Gasteiger partial charge in [-0.25, -0.2) is 0 Å². The summed E-state index contributed by atoms with van der Waals surface area (Å²) in [6.45, 7) is 4.78. The first-order chi connectivity index (χ1) is 7.43. The summed E-state index contributed by atoms with van der Waals surface area (Å²) in [5.41, 5.74) is 1.93. The van der Waals surface area contributed by atoms with E-state index in [1.54, 1.807) is 11.3 Å². The molecule has 15 heavy (non-hydrogen) atoms. The number of hydrogen-bond donors (Lipinski definition) is 1. The van der Waals surface area contributed by atoms with E-state index in [9.17, 15) is 0 Å². The lowest BCUT2D eigenvalue weighted by Gasteiger charge is -2.36. The zero-order chi connectivity index (χ0) is 10.1. The topological polar surface area (TPSA) is 28.2 Å². The molecule has 2 unspecified atom stereocenters. The van der Waals surface area contributed by atoms with Gasteiger partial charge in [0.1, 0.15) is 0 Å². The molecular weight excluding hydrogens is 206 g/mol. The second-order valence-corrected chi connectivity index (χ2v) is 5.54. The van der Waals surface area contributed by atoms with Crippen LogP contribution >= 0.6 is 11.3 Å². The molecule has 0 spiro atoms. The minimum Gasteiger partial charge on any atom is -0.315 e. The van der Waals surface area contributed by atoms with E-state index in [0.29, 0.717) is 0 Å². The molecule has 3 nitrogen and oxygen atoms in total. The summed E-state index contributed by atoms with van der Waals surface area (Å²) in [6, 6.07) is 0.779. The van der Waals surface area contributed by atoms with Gasteiger partial charge >= 0.3 is 0 Å². The molecule has 2 atom stereocenters. The van der Waals surface area contributed by atoms with Crippen LogP contribution in [0, 0.1) is 5.92 Å². The Hall–Kier alpha value is -0.450. The van der Waals surface area contributed by atoms with Crippen molar-refractivity contribution in [3.63, 3.8) is 0 Å². The standard InChI is InChI=1S/C11H17N3S/c1-2-9-4-12-6-11(9)14(3-1)7-10-5-13-8-15-10/h5,8-9,11-12H,1-4,6-7H2. The van der Waals surface area contributed by atoms with Crippen LogP contribution in [0.3, 0.4) is 0 Å². The van der Waals surface area contributed by atoms with Crippen molar-refractivity contribution in [1.29, 1.82) is 0 Å². The van der Waals surface area contributed by atoms with Crippen LogP contribution in [0.15, 0.2) is 11.7 Å². The van der Waals surface area contributed by atoms with Gasteiger partial charge in [0.25, 0.3) is 0 Å². The molecule has 0 bridgehead atoms. The highest BCUT2D eigenvalue weighted by molar-refractivity contribution is 7.09. The molecule has 3 heterocycles. The molecule has 2 saturated heterocycles. The van der Waals surface area contributed by atoms with Crippen LogP contribution in [-0.4, -0.2) is 35.6 Å². The minimum atomic E-state index is 0.779. The lowest BCUT2D eigenvalue weighted by molar-refractivity contribution is 0.118. The van der Waals surface area contributed by atoms with Gasteiger partial charge in [0.15, 0.2) is 0 Å². The number of piperidine rings is 1. The number of nitrogens with one attached hydrogen (secondary N) is 1. The molecule has 2 fully saturated rings. The van der Waals surface area contributed by atoms with Crippen LogP contribution in [0.1, 0.15) is 17.7 Å². The van der Waals surface area contributed by atoms with Crippen molar-refractivity contribution in [2.75, 3.05) is 19.6 Å². The fourth-order valence-corrected chi connectivity index (χ4v) is 3.50. The van der Waals surface area contributed by atoms with Gasteiger partial charge in [-0.3, -0.25) is 9.88 Å². The summed E-state index contributed by atoms with van der Waals surface area (Å²) in [5, 5.41) is 3.52. The maximum absolute atomic E-state index is 4.15. The predicted octanol–water partition coefficient (Wildman–Crippen LogP) is 1.33. The number of hydrogen-bond acceptors (Lipinski definition) is 4. The molecule has 1 N–H and O–H groups in total. The van der Waals surface area contributed by atoms with Crippen molar-refractivity contribution in [1.82, 2.24) is 15.2 Å². The molecule has 0 radical (unpaired) electrons. The van der Waals surface area contributed by atoms with Gasteiger partial charge in [0.2, 0.25) is 0 Å². The van der Waals surface area contributed by atoms with Crippen molar-refractivity contribution in [3.8, 4) is 0 Å². The van der Waals surface area contributed by atoms with Crippen molar-refractivity contribution in [3.05, 3.63) is 16.6 Å². The molecule has 0 amide bonds. The summed E-state index contributed by atoms with van der Waals surface area (Å²) in [6.07, 6.45) is 4.79. The Bertz CT molecular complexity index is 312. The van der Waals surface area contributed by atoms with Gasteiger partial charge in [-0.15, -0.1) is 11.3 Å². The Labute approximate surface area is 94.5 Å². The Kier molecular flexibility index (Phi) is 2.73. The molecule has 82 valence electrons. The van der Waals surface area contributed by atoms with Gasteiger partial charge in [-0.2, -0.15) is 0 Å². The van der Waals surface area contributed by atoms with E-state index in [1.165, 1.54) is 37.4 Å². The fraction of sp³-hybridized carbons (Fsp3) is 0.727. The van der Waals surface area contributed by atoms with Gasteiger partial charge in [0.05, 0.1) is 5.51 Å². The monoisotopic (exact) mass is 223 g/mol. The van der Waals surface area contributed by atoms with Crippen LogP contribution in [0.2, 0.25) is 0 Å².